The van der Waals surface area contributed by atoms with Crippen LogP contribution in [0.1, 0.15) is 16.8 Å². The summed E-state index contributed by atoms with van der Waals surface area (Å²) in [5.74, 6) is -1.30. The van der Waals surface area contributed by atoms with E-state index in [2.05, 4.69) is 5.32 Å². The standard InChI is InChI=1S/C12H13ClFNO3/c13-7-2-1-3-8(14)11(7)12(17)15-9-4-5-18-6-10(9)16/h1-3,9-10,16H,4-6H2,(H,15,17)/t9-,10-/m1/s1. The van der Waals surface area contributed by atoms with Crippen molar-refractivity contribution in [3.63, 3.8) is 0 Å². The van der Waals surface area contributed by atoms with Gasteiger partial charge in [-0.2, -0.15) is 0 Å². The van der Waals surface area contributed by atoms with Crippen molar-refractivity contribution in [2.75, 3.05) is 13.2 Å². The Morgan fingerprint density at radius 3 is 3.00 bits per heavy atom. The van der Waals surface area contributed by atoms with E-state index >= 15 is 0 Å². The van der Waals surface area contributed by atoms with E-state index in [1.807, 2.05) is 0 Å². The van der Waals surface area contributed by atoms with Gasteiger partial charge in [-0.15, -0.1) is 0 Å². The second-order valence-electron chi connectivity index (χ2n) is 4.11. The number of amides is 1. The van der Waals surface area contributed by atoms with Crippen molar-refractivity contribution in [2.45, 2.75) is 18.6 Å². The van der Waals surface area contributed by atoms with Gasteiger partial charge < -0.3 is 15.2 Å². The minimum Gasteiger partial charge on any atom is -0.389 e. The maximum Gasteiger partial charge on any atom is 0.256 e. The highest BCUT2D eigenvalue weighted by Crippen LogP contribution is 2.19. The highest BCUT2D eigenvalue weighted by atomic mass is 35.5. The van der Waals surface area contributed by atoms with Gasteiger partial charge in [-0.1, -0.05) is 17.7 Å². The number of rotatable bonds is 2. The fourth-order valence-electron chi connectivity index (χ4n) is 1.85. The van der Waals surface area contributed by atoms with E-state index in [1.54, 1.807) is 0 Å². The maximum absolute atomic E-state index is 13.5. The lowest BCUT2D eigenvalue weighted by molar-refractivity contribution is -0.0261. The third kappa shape index (κ3) is 2.80. The number of nitrogens with one attached hydrogen (secondary N) is 1. The first-order valence-electron chi connectivity index (χ1n) is 5.60. The van der Waals surface area contributed by atoms with Crippen LogP contribution in [0, 0.1) is 5.82 Å². The van der Waals surface area contributed by atoms with Crippen LogP contribution in [0.5, 0.6) is 0 Å². The molecule has 6 heteroatoms. The fourth-order valence-corrected chi connectivity index (χ4v) is 2.10. The number of benzene rings is 1. The Balaban J connectivity index is 2.12. The molecule has 1 aliphatic heterocycles. The van der Waals surface area contributed by atoms with Gasteiger partial charge in [0.15, 0.2) is 0 Å². The smallest absolute Gasteiger partial charge is 0.256 e. The second kappa shape index (κ2) is 5.65. The Kier molecular flexibility index (Phi) is 4.16. The van der Waals surface area contributed by atoms with E-state index in [0.717, 1.165) is 0 Å². The molecular formula is C12H13ClFNO3. The molecule has 0 aromatic heterocycles. The van der Waals surface area contributed by atoms with Crippen LogP contribution in [0.25, 0.3) is 0 Å². The van der Waals surface area contributed by atoms with Crippen molar-refractivity contribution in [1.82, 2.24) is 5.32 Å². The summed E-state index contributed by atoms with van der Waals surface area (Å²) in [6.45, 7) is 0.614. The molecule has 1 heterocycles. The van der Waals surface area contributed by atoms with Crippen LogP contribution in [0.2, 0.25) is 5.02 Å². The molecule has 1 amide bonds. The number of hydrogen-bond acceptors (Lipinski definition) is 3. The maximum atomic E-state index is 13.5. The molecule has 2 rings (SSSR count). The molecule has 0 aliphatic carbocycles. The molecule has 18 heavy (non-hydrogen) atoms. The zero-order valence-corrected chi connectivity index (χ0v) is 10.3. The SMILES string of the molecule is O=C(N[C@@H]1CCOC[C@H]1O)c1c(F)cccc1Cl. The lowest BCUT2D eigenvalue weighted by Gasteiger charge is -2.28. The highest BCUT2D eigenvalue weighted by Gasteiger charge is 2.27. The third-order valence-electron chi connectivity index (χ3n) is 2.83. The van der Waals surface area contributed by atoms with E-state index in [9.17, 15) is 14.3 Å². The monoisotopic (exact) mass is 273 g/mol. The molecular weight excluding hydrogens is 261 g/mol. The van der Waals surface area contributed by atoms with Crippen molar-refractivity contribution in [3.8, 4) is 0 Å². The van der Waals surface area contributed by atoms with Gasteiger partial charge in [0, 0.05) is 6.61 Å². The molecule has 0 radical (unpaired) electrons. The summed E-state index contributed by atoms with van der Waals surface area (Å²) in [6, 6.07) is 3.60. The van der Waals surface area contributed by atoms with Gasteiger partial charge >= 0.3 is 0 Å². The van der Waals surface area contributed by atoms with Crippen LogP contribution in [0.3, 0.4) is 0 Å². The molecule has 0 spiro atoms. The van der Waals surface area contributed by atoms with Crippen LogP contribution in [0.4, 0.5) is 4.39 Å². The van der Waals surface area contributed by atoms with Crippen LogP contribution in [-0.2, 0) is 4.74 Å². The first-order valence-corrected chi connectivity index (χ1v) is 5.98. The van der Waals surface area contributed by atoms with Crippen molar-refractivity contribution >= 4 is 17.5 Å². The zero-order chi connectivity index (χ0) is 13.1. The van der Waals surface area contributed by atoms with E-state index in [0.29, 0.717) is 13.0 Å². The normalized spacial score (nSPS) is 23.7. The van der Waals surface area contributed by atoms with E-state index in [4.69, 9.17) is 16.3 Å². The molecule has 1 fully saturated rings. The molecule has 2 N–H and O–H groups in total. The van der Waals surface area contributed by atoms with Gasteiger partial charge in [0.1, 0.15) is 5.82 Å². The molecule has 4 nitrogen and oxygen atoms in total. The Labute approximate surface area is 109 Å². The number of aliphatic hydroxyl groups excluding tert-OH is 1. The predicted octanol–water partition coefficient (Wildman–Crippen LogP) is 1.36. The van der Waals surface area contributed by atoms with Crippen LogP contribution in [0.15, 0.2) is 18.2 Å². The topological polar surface area (TPSA) is 58.6 Å². The van der Waals surface area contributed by atoms with Gasteiger partial charge in [0.05, 0.1) is 29.3 Å². The van der Waals surface area contributed by atoms with Crippen molar-refractivity contribution in [3.05, 3.63) is 34.6 Å². The van der Waals surface area contributed by atoms with Gasteiger partial charge in [-0.3, -0.25) is 4.79 Å². The lowest BCUT2D eigenvalue weighted by atomic mass is 10.1. The fraction of sp³-hybridized carbons (Fsp3) is 0.417. The van der Waals surface area contributed by atoms with Crippen LogP contribution < -0.4 is 5.32 Å². The first-order chi connectivity index (χ1) is 8.59. The van der Waals surface area contributed by atoms with Gasteiger partial charge in [-0.05, 0) is 18.6 Å². The number of carbonyl (C=O) groups excluding carboxylic acids is 1. The number of aliphatic hydroxyl groups is 1. The minimum absolute atomic E-state index is 0.0500. The van der Waals surface area contributed by atoms with Crippen molar-refractivity contribution in [1.29, 1.82) is 0 Å². The van der Waals surface area contributed by atoms with Gasteiger partial charge in [0.2, 0.25) is 0 Å². The van der Waals surface area contributed by atoms with Crippen LogP contribution in [-0.4, -0.2) is 36.4 Å². The Bertz CT molecular complexity index is 435. The van der Waals surface area contributed by atoms with E-state index in [-0.39, 0.29) is 17.2 Å². The highest BCUT2D eigenvalue weighted by molar-refractivity contribution is 6.33. The molecule has 1 aliphatic rings. The third-order valence-corrected chi connectivity index (χ3v) is 3.15. The molecule has 0 saturated carbocycles. The summed E-state index contributed by atoms with van der Waals surface area (Å²) < 4.78 is 18.6. The zero-order valence-electron chi connectivity index (χ0n) is 9.53. The number of carbonyl (C=O) groups is 1. The van der Waals surface area contributed by atoms with E-state index < -0.39 is 23.9 Å². The molecule has 1 aromatic rings. The Hall–Kier alpha value is -1.17. The lowest BCUT2D eigenvalue weighted by Crippen LogP contribution is -2.48. The average Bonchev–Trinajstić information content (AvgIpc) is 2.32. The van der Waals surface area contributed by atoms with Crippen molar-refractivity contribution < 1.29 is 19.0 Å². The Morgan fingerprint density at radius 1 is 1.56 bits per heavy atom. The molecule has 2 atom stereocenters. The summed E-state index contributed by atoms with van der Waals surface area (Å²) in [5, 5.41) is 12.3. The van der Waals surface area contributed by atoms with Gasteiger partial charge in [-0.25, -0.2) is 4.39 Å². The largest absolute Gasteiger partial charge is 0.389 e. The number of ether oxygens (including phenoxy) is 1. The Morgan fingerprint density at radius 2 is 2.33 bits per heavy atom. The van der Waals surface area contributed by atoms with Crippen LogP contribution >= 0.6 is 11.6 Å². The molecule has 1 saturated heterocycles. The summed E-state index contributed by atoms with van der Waals surface area (Å²) in [6.07, 6.45) is -0.299. The summed E-state index contributed by atoms with van der Waals surface area (Å²) in [4.78, 5) is 11.9. The second-order valence-corrected chi connectivity index (χ2v) is 4.51. The number of halogens is 2. The molecule has 0 bridgehead atoms. The average molecular weight is 274 g/mol. The predicted molar refractivity (Wildman–Crippen MR) is 64.1 cm³/mol. The summed E-state index contributed by atoms with van der Waals surface area (Å²) in [5.41, 5.74) is -0.196. The molecule has 98 valence electrons. The van der Waals surface area contributed by atoms with E-state index in [1.165, 1.54) is 18.2 Å². The van der Waals surface area contributed by atoms with Gasteiger partial charge in [0.25, 0.3) is 5.91 Å². The van der Waals surface area contributed by atoms with Crippen molar-refractivity contribution in [2.24, 2.45) is 0 Å². The molecule has 0 unspecified atom stereocenters. The summed E-state index contributed by atoms with van der Waals surface area (Å²) in [7, 11) is 0. The number of hydrogen-bond donors (Lipinski definition) is 2. The minimum atomic E-state index is -0.784. The summed E-state index contributed by atoms with van der Waals surface area (Å²) >= 11 is 5.79. The first kappa shape index (κ1) is 13.3. The quantitative estimate of drug-likeness (QED) is 0.855. The molecule has 1 aromatic carbocycles.